The second kappa shape index (κ2) is 5.61. The van der Waals surface area contributed by atoms with Gasteiger partial charge in [0.05, 0.1) is 5.69 Å². The van der Waals surface area contributed by atoms with E-state index in [2.05, 4.69) is 0 Å². The predicted octanol–water partition coefficient (Wildman–Crippen LogP) is 3.94. The maximum absolute atomic E-state index is 14.0. The Hall–Kier alpha value is -2.23. The van der Waals surface area contributed by atoms with Crippen LogP contribution >= 0.6 is 0 Å². The maximum atomic E-state index is 14.0. The number of halogens is 2. The smallest absolute Gasteiger partial charge is 0.150 e. The lowest BCUT2D eigenvalue weighted by molar-refractivity contribution is 0.112. The molecule has 0 bridgehead atoms. The summed E-state index contributed by atoms with van der Waals surface area (Å²) in [4.78, 5) is 12.3. The fraction of sp³-hybridized carbons (Fsp3) is 0.133. The minimum atomic E-state index is -0.476. The highest BCUT2D eigenvalue weighted by Crippen LogP contribution is 2.28. The van der Waals surface area contributed by atoms with Gasteiger partial charge in [0.15, 0.2) is 0 Å². The Morgan fingerprint density at radius 1 is 1.11 bits per heavy atom. The van der Waals surface area contributed by atoms with Crippen molar-refractivity contribution in [3.63, 3.8) is 0 Å². The third-order valence-corrected chi connectivity index (χ3v) is 2.85. The zero-order chi connectivity index (χ0) is 13.8. The second-order valence-corrected chi connectivity index (χ2v) is 4.05. The first-order chi connectivity index (χ1) is 9.15. The van der Waals surface area contributed by atoms with Gasteiger partial charge in [-0.2, -0.15) is 0 Å². The van der Waals surface area contributed by atoms with E-state index in [9.17, 15) is 13.6 Å². The van der Waals surface area contributed by atoms with Crippen LogP contribution in [0, 0.1) is 11.6 Å². The maximum Gasteiger partial charge on any atom is 0.150 e. The first-order valence-electron chi connectivity index (χ1n) is 5.93. The van der Waals surface area contributed by atoms with Gasteiger partial charge in [-0.1, -0.05) is 0 Å². The number of aldehydes is 1. The summed E-state index contributed by atoms with van der Waals surface area (Å²) < 4.78 is 26.9. The van der Waals surface area contributed by atoms with Crippen molar-refractivity contribution in [1.82, 2.24) is 0 Å². The van der Waals surface area contributed by atoms with Crippen LogP contribution in [0.1, 0.15) is 17.3 Å². The molecule has 0 saturated carbocycles. The third-order valence-electron chi connectivity index (χ3n) is 2.85. The Kier molecular flexibility index (Phi) is 3.90. The highest BCUT2D eigenvalue weighted by atomic mass is 19.1. The van der Waals surface area contributed by atoms with E-state index in [-0.39, 0.29) is 11.4 Å². The van der Waals surface area contributed by atoms with Crippen LogP contribution < -0.4 is 4.90 Å². The van der Waals surface area contributed by atoms with Gasteiger partial charge >= 0.3 is 0 Å². The van der Waals surface area contributed by atoms with E-state index in [1.807, 2.05) is 6.92 Å². The van der Waals surface area contributed by atoms with E-state index >= 15 is 0 Å². The Morgan fingerprint density at radius 3 is 2.32 bits per heavy atom. The molecule has 19 heavy (non-hydrogen) atoms. The van der Waals surface area contributed by atoms with Crippen LogP contribution in [-0.2, 0) is 0 Å². The summed E-state index contributed by atoms with van der Waals surface area (Å²) in [6.07, 6.45) is 0.598. The first kappa shape index (κ1) is 13.2. The predicted molar refractivity (Wildman–Crippen MR) is 70.9 cm³/mol. The third kappa shape index (κ3) is 2.78. The Balaban J connectivity index is 2.41. The van der Waals surface area contributed by atoms with Gasteiger partial charge in [0.25, 0.3) is 0 Å². The van der Waals surface area contributed by atoms with Crippen molar-refractivity contribution < 1.29 is 13.6 Å². The number of anilines is 2. The summed E-state index contributed by atoms with van der Waals surface area (Å²) in [6.45, 7) is 2.40. The Morgan fingerprint density at radius 2 is 1.79 bits per heavy atom. The molecule has 98 valence electrons. The number of hydrogen-bond acceptors (Lipinski definition) is 2. The molecular weight excluding hydrogens is 248 g/mol. The van der Waals surface area contributed by atoms with E-state index in [1.165, 1.54) is 18.2 Å². The average Bonchev–Trinajstić information content (AvgIpc) is 2.43. The average molecular weight is 261 g/mol. The molecular formula is C15H13F2NO. The number of nitrogens with zero attached hydrogens (tertiary/aromatic N) is 1. The molecule has 0 N–H and O–H groups in total. The number of carbonyl (C=O) groups is 1. The van der Waals surface area contributed by atoms with Crippen LogP contribution in [0.3, 0.4) is 0 Å². The fourth-order valence-corrected chi connectivity index (χ4v) is 1.93. The minimum absolute atomic E-state index is 0.288. The SMILES string of the molecule is CCN(c1ccc(F)cc1)c1ccc(C=O)cc1F. The van der Waals surface area contributed by atoms with Crippen molar-refractivity contribution in [2.45, 2.75) is 6.92 Å². The van der Waals surface area contributed by atoms with Gasteiger partial charge in [0, 0.05) is 17.8 Å². The van der Waals surface area contributed by atoms with Gasteiger partial charge < -0.3 is 4.90 Å². The monoisotopic (exact) mass is 261 g/mol. The number of benzene rings is 2. The van der Waals surface area contributed by atoms with Gasteiger partial charge in [-0.3, -0.25) is 4.79 Å². The normalized spacial score (nSPS) is 10.3. The lowest BCUT2D eigenvalue weighted by Crippen LogP contribution is -2.17. The molecule has 2 rings (SSSR count). The summed E-state index contributed by atoms with van der Waals surface area (Å²) >= 11 is 0. The number of carbonyl (C=O) groups excluding carboxylic acids is 1. The van der Waals surface area contributed by atoms with Crippen LogP contribution in [0.25, 0.3) is 0 Å². The largest absolute Gasteiger partial charge is 0.339 e. The zero-order valence-corrected chi connectivity index (χ0v) is 10.4. The van der Waals surface area contributed by atoms with Gasteiger partial charge in [-0.05, 0) is 49.4 Å². The van der Waals surface area contributed by atoms with Crippen molar-refractivity contribution in [2.24, 2.45) is 0 Å². The highest BCUT2D eigenvalue weighted by molar-refractivity contribution is 5.76. The molecule has 0 atom stereocenters. The van der Waals surface area contributed by atoms with Gasteiger partial charge in [-0.15, -0.1) is 0 Å². The highest BCUT2D eigenvalue weighted by Gasteiger charge is 2.12. The zero-order valence-electron chi connectivity index (χ0n) is 10.4. The molecule has 0 unspecified atom stereocenters. The lowest BCUT2D eigenvalue weighted by Gasteiger charge is -2.23. The molecule has 4 heteroatoms. The van der Waals surface area contributed by atoms with Crippen molar-refractivity contribution in [1.29, 1.82) is 0 Å². The molecule has 0 radical (unpaired) electrons. The summed E-state index contributed by atoms with van der Waals surface area (Å²) in [7, 11) is 0. The van der Waals surface area contributed by atoms with E-state index in [0.717, 1.165) is 0 Å². The number of hydrogen-bond donors (Lipinski definition) is 0. The standard InChI is InChI=1S/C15H13F2NO/c1-2-18(13-6-4-12(16)5-7-13)15-8-3-11(10-19)9-14(15)17/h3-10H,2H2,1H3. The van der Waals surface area contributed by atoms with Crippen molar-refractivity contribution in [3.8, 4) is 0 Å². The second-order valence-electron chi connectivity index (χ2n) is 4.05. The Labute approximate surface area is 110 Å². The topological polar surface area (TPSA) is 20.3 Å². The van der Waals surface area contributed by atoms with Crippen LogP contribution in [0.15, 0.2) is 42.5 Å². The van der Waals surface area contributed by atoms with Gasteiger partial charge in [0.1, 0.15) is 17.9 Å². The summed E-state index contributed by atoms with van der Waals surface area (Å²) in [6, 6.07) is 10.1. The van der Waals surface area contributed by atoms with Crippen LogP contribution in [0.2, 0.25) is 0 Å². The van der Waals surface area contributed by atoms with E-state index in [4.69, 9.17) is 0 Å². The summed E-state index contributed by atoms with van der Waals surface area (Å²) in [5.41, 5.74) is 1.35. The van der Waals surface area contributed by atoms with Crippen LogP contribution in [0.4, 0.5) is 20.2 Å². The molecule has 0 aliphatic rings. The number of rotatable bonds is 4. The molecule has 2 nitrogen and oxygen atoms in total. The molecule has 0 aliphatic heterocycles. The lowest BCUT2D eigenvalue weighted by atomic mass is 10.1. The van der Waals surface area contributed by atoms with Crippen LogP contribution in [0.5, 0.6) is 0 Å². The van der Waals surface area contributed by atoms with E-state index < -0.39 is 5.82 Å². The van der Waals surface area contributed by atoms with Crippen molar-refractivity contribution >= 4 is 17.7 Å². The molecule has 0 heterocycles. The molecule has 0 fully saturated rings. The molecule has 0 aliphatic carbocycles. The molecule has 0 spiro atoms. The molecule has 0 aromatic heterocycles. The molecule has 2 aromatic carbocycles. The van der Waals surface area contributed by atoms with E-state index in [1.54, 1.807) is 29.2 Å². The van der Waals surface area contributed by atoms with Crippen molar-refractivity contribution in [2.75, 3.05) is 11.4 Å². The molecule has 0 amide bonds. The van der Waals surface area contributed by atoms with E-state index in [0.29, 0.717) is 24.2 Å². The summed E-state index contributed by atoms with van der Waals surface area (Å²) in [5.74, 6) is -0.813. The van der Waals surface area contributed by atoms with Gasteiger partial charge in [-0.25, -0.2) is 8.78 Å². The Bertz CT molecular complexity index is 581. The fourth-order valence-electron chi connectivity index (χ4n) is 1.93. The van der Waals surface area contributed by atoms with Crippen LogP contribution in [-0.4, -0.2) is 12.8 Å². The minimum Gasteiger partial charge on any atom is -0.339 e. The molecule has 2 aromatic rings. The first-order valence-corrected chi connectivity index (χ1v) is 5.93. The molecule has 0 saturated heterocycles. The quantitative estimate of drug-likeness (QED) is 0.777. The van der Waals surface area contributed by atoms with Crippen molar-refractivity contribution in [3.05, 3.63) is 59.7 Å². The summed E-state index contributed by atoms with van der Waals surface area (Å²) in [5, 5.41) is 0. The van der Waals surface area contributed by atoms with Gasteiger partial charge in [0.2, 0.25) is 0 Å².